The molecule has 2 rings (SSSR count). The second-order valence-electron chi connectivity index (χ2n) is 3.57. The third-order valence-corrected chi connectivity index (χ3v) is 2.45. The molecule has 0 saturated heterocycles. The van der Waals surface area contributed by atoms with E-state index < -0.39 is 0 Å². The molecule has 1 heteroatoms. The van der Waals surface area contributed by atoms with Crippen molar-refractivity contribution in [1.29, 1.82) is 0 Å². The first-order valence-corrected chi connectivity index (χ1v) is 4.54. The first-order valence-electron chi connectivity index (χ1n) is 4.54. The van der Waals surface area contributed by atoms with E-state index in [0.717, 1.165) is 12.1 Å². The fourth-order valence-electron chi connectivity index (χ4n) is 1.65. The van der Waals surface area contributed by atoms with Crippen molar-refractivity contribution in [2.24, 2.45) is 0 Å². The molecule has 1 radical (unpaired) electrons. The van der Waals surface area contributed by atoms with E-state index in [1.54, 1.807) is 0 Å². The summed E-state index contributed by atoms with van der Waals surface area (Å²) >= 11 is 0. The Morgan fingerprint density at radius 2 is 2.00 bits per heavy atom. The van der Waals surface area contributed by atoms with Gasteiger partial charge in [-0.25, -0.2) is 0 Å². The molecule has 2 fully saturated rings. The van der Waals surface area contributed by atoms with E-state index in [4.69, 9.17) is 0 Å². The molecule has 1 atom stereocenters. The highest BCUT2D eigenvalue weighted by molar-refractivity contribution is 4.92. The van der Waals surface area contributed by atoms with Crippen LogP contribution in [-0.4, -0.2) is 12.1 Å². The minimum absolute atomic E-state index is 0.765. The molecular formula is C9H16N. The molecule has 57 valence electrons. The van der Waals surface area contributed by atoms with Gasteiger partial charge in [0.25, 0.3) is 0 Å². The lowest BCUT2D eigenvalue weighted by molar-refractivity contribution is 0.446. The zero-order valence-corrected chi connectivity index (χ0v) is 6.47. The molecule has 1 N–H and O–H groups in total. The van der Waals surface area contributed by atoms with Crippen molar-refractivity contribution in [2.45, 2.75) is 50.6 Å². The minimum Gasteiger partial charge on any atom is -0.311 e. The minimum atomic E-state index is 0.765. The predicted molar refractivity (Wildman–Crippen MR) is 42.7 cm³/mol. The smallest absolute Gasteiger partial charge is 0.0101 e. The Kier molecular flexibility index (Phi) is 1.94. The SMILES string of the molecule is [CH]1CCCCC1NC1CC1. The van der Waals surface area contributed by atoms with Crippen molar-refractivity contribution in [3.63, 3.8) is 0 Å². The summed E-state index contributed by atoms with van der Waals surface area (Å²) in [5.74, 6) is 0. The third kappa shape index (κ3) is 1.72. The fourth-order valence-corrected chi connectivity index (χ4v) is 1.65. The Labute approximate surface area is 63.2 Å². The van der Waals surface area contributed by atoms with E-state index >= 15 is 0 Å². The summed E-state index contributed by atoms with van der Waals surface area (Å²) in [5, 5.41) is 3.64. The van der Waals surface area contributed by atoms with E-state index in [0.29, 0.717) is 0 Å². The molecule has 0 bridgehead atoms. The molecule has 0 aromatic rings. The Balaban J connectivity index is 1.69. The Bertz CT molecular complexity index is 101. The van der Waals surface area contributed by atoms with Crippen LogP contribution in [0.5, 0.6) is 0 Å². The van der Waals surface area contributed by atoms with E-state index in [9.17, 15) is 0 Å². The van der Waals surface area contributed by atoms with Crippen LogP contribution in [0, 0.1) is 6.42 Å². The lowest BCUT2D eigenvalue weighted by Crippen LogP contribution is -2.33. The van der Waals surface area contributed by atoms with Crippen LogP contribution >= 0.6 is 0 Å². The molecule has 2 saturated carbocycles. The molecule has 0 aliphatic heterocycles. The van der Waals surface area contributed by atoms with Crippen LogP contribution in [0.25, 0.3) is 0 Å². The maximum Gasteiger partial charge on any atom is 0.0101 e. The van der Waals surface area contributed by atoms with Gasteiger partial charge in [-0.05, 0) is 32.1 Å². The zero-order valence-electron chi connectivity index (χ0n) is 6.47. The van der Waals surface area contributed by atoms with Crippen molar-refractivity contribution in [2.75, 3.05) is 0 Å². The first-order chi connectivity index (χ1) is 4.95. The van der Waals surface area contributed by atoms with Gasteiger partial charge < -0.3 is 5.32 Å². The molecule has 0 spiro atoms. The average Bonchev–Trinajstić information content (AvgIpc) is 2.74. The van der Waals surface area contributed by atoms with E-state index in [1.165, 1.54) is 38.5 Å². The summed E-state index contributed by atoms with van der Waals surface area (Å²) in [4.78, 5) is 0. The van der Waals surface area contributed by atoms with Crippen LogP contribution in [0.4, 0.5) is 0 Å². The second kappa shape index (κ2) is 2.91. The summed E-state index contributed by atoms with van der Waals surface area (Å²) in [5.41, 5.74) is 0. The van der Waals surface area contributed by atoms with E-state index in [1.807, 2.05) is 0 Å². The van der Waals surface area contributed by atoms with Crippen molar-refractivity contribution in [3.05, 3.63) is 6.42 Å². The van der Waals surface area contributed by atoms with Crippen molar-refractivity contribution >= 4 is 0 Å². The van der Waals surface area contributed by atoms with Crippen LogP contribution in [0.15, 0.2) is 0 Å². The van der Waals surface area contributed by atoms with Gasteiger partial charge in [-0.3, -0.25) is 0 Å². The summed E-state index contributed by atoms with van der Waals surface area (Å²) < 4.78 is 0. The molecular weight excluding hydrogens is 122 g/mol. The van der Waals surface area contributed by atoms with Gasteiger partial charge in [0.15, 0.2) is 0 Å². The number of rotatable bonds is 2. The van der Waals surface area contributed by atoms with E-state index in [2.05, 4.69) is 11.7 Å². The molecule has 1 unspecified atom stereocenters. The lowest BCUT2D eigenvalue weighted by Gasteiger charge is -2.22. The number of nitrogens with one attached hydrogen (secondary N) is 1. The van der Waals surface area contributed by atoms with Gasteiger partial charge in [0.05, 0.1) is 0 Å². The summed E-state index contributed by atoms with van der Waals surface area (Å²) in [6.07, 6.45) is 10.9. The topological polar surface area (TPSA) is 12.0 Å². The summed E-state index contributed by atoms with van der Waals surface area (Å²) in [6.45, 7) is 0. The number of hydrogen-bond acceptors (Lipinski definition) is 1. The molecule has 1 nitrogen and oxygen atoms in total. The van der Waals surface area contributed by atoms with Crippen molar-refractivity contribution in [3.8, 4) is 0 Å². The molecule has 0 aromatic carbocycles. The largest absolute Gasteiger partial charge is 0.311 e. The van der Waals surface area contributed by atoms with Gasteiger partial charge in [-0.2, -0.15) is 0 Å². The Morgan fingerprint density at radius 3 is 2.60 bits per heavy atom. The van der Waals surface area contributed by atoms with Gasteiger partial charge >= 0.3 is 0 Å². The third-order valence-electron chi connectivity index (χ3n) is 2.45. The molecule has 0 aromatic heterocycles. The van der Waals surface area contributed by atoms with Gasteiger partial charge in [-0.15, -0.1) is 0 Å². The maximum atomic E-state index is 3.64. The maximum absolute atomic E-state index is 3.64. The second-order valence-corrected chi connectivity index (χ2v) is 3.57. The van der Waals surface area contributed by atoms with Crippen LogP contribution in [-0.2, 0) is 0 Å². The molecule has 0 heterocycles. The average molecular weight is 138 g/mol. The highest BCUT2D eigenvalue weighted by Gasteiger charge is 2.25. The van der Waals surface area contributed by atoms with Crippen molar-refractivity contribution in [1.82, 2.24) is 5.32 Å². The van der Waals surface area contributed by atoms with Crippen molar-refractivity contribution < 1.29 is 0 Å². The van der Waals surface area contributed by atoms with Crippen LogP contribution in [0.1, 0.15) is 38.5 Å². The van der Waals surface area contributed by atoms with Gasteiger partial charge in [0.1, 0.15) is 0 Å². The van der Waals surface area contributed by atoms with Crippen LogP contribution in [0.2, 0.25) is 0 Å². The molecule has 2 aliphatic rings. The van der Waals surface area contributed by atoms with Crippen LogP contribution in [0.3, 0.4) is 0 Å². The van der Waals surface area contributed by atoms with Crippen LogP contribution < -0.4 is 5.32 Å². The highest BCUT2D eigenvalue weighted by atomic mass is 15.0. The predicted octanol–water partition coefficient (Wildman–Crippen LogP) is 1.89. The highest BCUT2D eigenvalue weighted by Crippen LogP contribution is 2.23. The molecule has 10 heavy (non-hydrogen) atoms. The lowest BCUT2D eigenvalue weighted by atomic mass is 9.95. The molecule has 2 aliphatic carbocycles. The quantitative estimate of drug-likeness (QED) is 0.614. The van der Waals surface area contributed by atoms with E-state index in [-0.39, 0.29) is 0 Å². The fraction of sp³-hybridized carbons (Fsp3) is 0.889. The standard InChI is InChI=1S/C9H16N/c1-2-4-8(5-3-1)10-9-6-7-9/h4,8-10H,1-3,5-7H2. The Hall–Kier alpha value is -0.0400. The number of hydrogen-bond donors (Lipinski definition) is 1. The summed E-state index contributed by atoms with van der Waals surface area (Å²) in [6, 6.07) is 1.65. The monoisotopic (exact) mass is 138 g/mol. The summed E-state index contributed by atoms with van der Waals surface area (Å²) in [7, 11) is 0. The first kappa shape index (κ1) is 6.66. The van der Waals surface area contributed by atoms with Gasteiger partial charge in [0, 0.05) is 12.1 Å². The normalized spacial score (nSPS) is 28.8. The Morgan fingerprint density at radius 1 is 1.10 bits per heavy atom. The van der Waals surface area contributed by atoms with Gasteiger partial charge in [0.2, 0.25) is 0 Å². The molecule has 0 amide bonds. The zero-order chi connectivity index (χ0) is 6.81. The van der Waals surface area contributed by atoms with Gasteiger partial charge in [-0.1, -0.05) is 12.8 Å².